The van der Waals surface area contributed by atoms with Crippen molar-refractivity contribution in [2.45, 2.75) is 12.5 Å². The molecule has 0 bridgehead atoms. The first-order chi connectivity index (χ1) is 9.90. The average Bonchev–Trinajstić information content (AvgIpc) is 2.54. The zero-order valence-electron chi connectivity index (χ0n) is 13.5. The summed E-state index contributed by atoms with van der Waals surface area (Å²) < 4.78 is 6.06. The van der Waals surface area contributed by atoms with Crippen LogP contribution in [0.25, 0.3) is 0 Å². The van der Waals surface area contributed by atoms with Crippen molar-refractivity contribution in [2.24, 2.45) is 0 Å². The van der Waals surface area contributed by atoms with Crippen LogP contribution >= 0.6 is 0 Å². The summed E-state index contributed by atoms with van der Waals surface area (Å²) in [6, 6.07) is 0. The number of hydrogen-bond acceptors (Lipinski definition) is 5. The van der Waals surface area contributed by atoms with Gasteiger partial charge in [-0.3, -0.25) is 9.78 Å². The fourth-order valence-electron chi connectivity index (χ4n) is 2.42. The molecule has 6 heteroatoms. The fourth-order valence-corrected chi connectivity index (χ4v) is 2.42. The zero-order chi connectivity index (χ0) is 15.6. The first kappa shape index (κ1) is 15.6. The van der Waals surface area contributed by atoms with E-state index in [0.717, 1.165) is 18.7 Å². The molecule has 21 heavy (non-hydrogen) atoms. The van der Waals surface area contributed by atoms with E-state index in [1.807, 2.05) is 40.1 Å². The van der Waals surface area contributed by atoms with E-state index >= 15 is 0 Å². The van der Waals surface area contributed by atoms with Crippen molar-refractivity contribution in [2.75, 3.05) is 53.2 Å². The van der Waals surface area contributed by atoms with E-state index in [4.69, 9.17) is 4.74 Å². The molecule has 1 aliphatic rings. The Morgan fingerprint density at radius 3 is 2.67 bits per heavy atom. The molecule has 2 rings (SSSR count). The number of ether oxygens (including phenoxy) is 1. The molecule has 1 unspecified atom stereocenters. The summed E-state index contributed by atoms with van der Waals surface area (Å²) >= 11 is 0. The smallest absolute Gasteiger partial charge is 0.259 e. The molecule has 1 atom stereocenters. The Morgan fingerprint density at radius 1 is 1.33 bits per heavy atom. The zero-order valence-corrected chi connectivity index (χ0v) is 13.5. The molecule has 1 aromatic heterocycles. The number of carbonyl (C=O) groups excluding carboxylic acids is 1. The maximum absolute atomic E-state index is 12.6. The summed E-state index contributed by atoms with van der Waals surface area (Å²) in [5, 5.41) is 0. The van der Waals surface area contributed by atoms with Crippen LogP contribution in [0.3, 0.4) is 0 Å². The molecule has 0 fully saturated rings. The molecule has 2 heterocycles. The van der Waals surface area contributed by atoms with Crippen molar-refractivity contribution >= 4 is 11.6 Å². The molecule has 0 spiro atoms. The van der Waals surface area contributed by atoms with Crippen molar-refractivity contribution in [1.29, 1.82) is 0 Å². The fraction of sp³-hybridized carbons (Fsp3) is 0.600. The number of pyridine rings is 1. The highest BCUT2D eigenvalue weighted by Crippen LogP contribution is 2.31. The number of rotatable bonds is 4. The summed E-state index contributed by atoms with van der Waals surface area (Å²) in [5.74, 6) is 0.572. The van der Waals surface area contributed by atoms with Gasteiger partial charge in [0.1, 0.15) is 11.7 Å². The third-order valence-electron chi connectivity index (χ3n) is 3.60. The molecule has 1 aliphatic heterocycles. The molecule has 0 saturated heterocycles. The Labute approximate surface area is 126 Å². The van der Waals surface area contributed by atoms with Gasteiger partial charge in [-0.25, -0.2) is 0 Å². The molecule has 6 nitrogen and oxygen atoms in total. The van der Waals surface area contributed by atoms with Crippen LogP contribution in [0.2, 0.25) is 0 Å². The van der Waals surface area contributed by atoms with Crippen LogP contribution in [0.15, 0.2) is 12.4 Å². The maximum atomic E-state index is 12.6. The Hall–Kier alpha value is -1.82. The molecule has 1 aromatic rings. The van der Waals surface area contributed by atoms with Crippen molar-refractivity contribution in [3.05, 3.63) is 18.0 Å². The summed E-state index contributed by atoms with van der Waals surface area (Å²) in [6.45, 7) is 1.51. The molecular formula is C15H24N4O2. The minimum absolute atomic E-state index is 0.0107. The standard InChI is InChI=1S/C15H24N4O2/c1-17(2)7-6-11-10-19(5)15(20)14-12(18(3)4)8-16-9-13(14)21-11/h8-9,11H,6-7,10H2,1-5H3. The van der Waals surface area contributed by atoms with Gasteiger partial charge in [-0.05, 0) is 20.5 Å². The predicted molar refractivity (Wildman–Crippen MR) is 83.1 cm³/mol. The van der Waals surface area contributed by atoms with Gasteiger partial charge < -0.3 is 19.4 Å². The average molecular weight is 292 g/mol. The molecule has 1 amide bonds. The predicted octanol–water partition coefficient (Wildman–Crippen LogP) is 0.932. The SMILES string of the molecule is CN(C)CCC1CN(C)C(=O)c2c(cncc2N(C)C)O1. The van der Waals surface area contributed by atoms with Crippen LogP contribution in [0.5, 0.6) is 5.75 Å². The Balaban J connectivity index is 2.33. The van der Waals surface area contributed by atoms with Crippen molar-refractivity contribution < 1.29 is 9.53 Å². The van der Waals surface area contributed by atoms with Gasteiger partial charge >= 0.3 is 0 Å². The van der Waals surface area contributed by atoms with Crippen molar-refractivity contribution in [1.82, 2.24) is 14.8 Å². The Bertz CT molecular complexity index is 516. The highest BCUT2D eigenvalue weighted by Gasteiger charge is 2.29. The van der Waals surface area contributed by atoms with Crippen molar-refractivity contribution in [3.8, 4) is 5.75 Å². The lowest BCUT2D eigenvalue weighted by atomic mass is 10.1. The van der Waals surface area contributed by atoms with E-state index in [2.05, 4.69) is 9.88 Å². The molecule has 0 saturated carbocycles. The second kappa shape index (κ2) is 6.30. The van der Waals surface area contributed by atoms with Crippen molar-refractivity contribution in [3.63, 3.8) is 0 Å². The first-order valence-electron chi connectivity index (χ1n) is 7.12. The van der Waals surface area contributed by atoms with E-state index in [1.165, 1.54) is 0 Å². The number of nitrogens with zero attached hydrogens (tertiary/aromatic N) is 4. The summed E-state index contributed by atoms with van der Waals surface area (Å²) in [5.41, 5.74) is 1.39. The lowest BCUT2D eigenvalue weighted by Crippen LogP contribution is -2.35. The van der Waals surface area contributed by atoms with Crippen LogP contribution in [-0.4, -0.2) is 75.1 Å². The van der Waals surface area contributed by atoms with Gasteiger partial charge in [0, 0.05) is 27.7 Å². The topological polar surface area (TPSA) is 48.9 Å². The number of amides is 1. The molecule has 116 valence electrons. The Morgan fingerprint density at radius 2 is 2.05 bits per heavy atom. The Kier molecular flexibility index (Phi) is 4.67. The van der Waals surface area contributed by atoms with Gasteiger partial charge in [-0.2, -0.15) is 0 Å². The molecular weight excluding hydrogens is 268 g/mol. The molecule has 0 aliphatic carbocycles. The number of anilines is 1. The van der Waals surface area contributed by atoms with Gasteiger partial charge in [0.25, 0.3) is 5.91 Å². The largest absolute Gasteiger partial charge is 0.486 e. The van der Waals surface area contributed by atoms with E-state index in [1.54, 1.807) is 17.3 Å². The summed E-state index contributed by atoms with van der Waals surface area (Å²) in [4.78, 5) is 22.6. The number of fused-ring (bicyclic) bond motifs is 1. The molecule has 0 N–H and O–H groups in total. The maximum Gasteiger partial charge on any atom is 0.259 e. The van der Waals surface area contributed by atoms with Gasteiger partial charge in [-0.1, -0.05) is 0 Å². The quantitative estimate of drug-likeness (QED) is 0.826. The van der Waals surface area contributed by atoms with Crippen LogP contribution in [0, 0.1) is 0 Å². The van der Waals surface area contributed by atoms with Crippen LogP contribution in [0.4, 0.5) is 5.69 Å². The number of carbonyl (C=O) groups is 1. The van der Waals surface area contributed by atoms with Gasteiger partial charge in [-0.15, -0.1) is 0 Å². The first-order valence-corrected chi connectivity index (χ1v) is 7.12. The highest BCUT2D eigenvalue weighted by atomic mass is 16.5. The van der Waals surface area contributed by atoms with Crippen LogP contribution in [-0.2, 0) is 0 Å². The molecule has 0 aromatic carbocycles. The van der Waals surface area contributed by atoms with Crippen LogP contribution < -0.4 is 9.64 Å². The van der Waals surface area contributed by atoms with Gasteiger partial charge in [0.05, 0.1) is 24.6 Å². The third kappa shape index (κ3) is 3.44. The summed E-state index contributed by atoms with van der Waals surface area (Å²) in [6.07, 6.45) is 4.20. The normalized spacial score (nSPS) is 18.3. The van der Waals surface area contributed by atoms with Gasteiger partial charge in [0.15, 0.2) is 5.75 Å². The van der Waals surface area contributed by atoms with Gasteiger partial charge in [0.2, 0.25) is 0 Å². The minimum Gasteiger partial charge on any atom is -0.486 e. The van der Waals surface area contributed by atoms with E-state index in [-0.39, 0.29) is 12.0 Å². The van der Waals surface area contributed by atoms with E-state index < -0.39 is 0 Å². The lowest BCUT2D eigenvalue weighted by Gasteiger charge is -2.21. The van der Waals surface area contributed by atoms with E-state index in [9.17, 15) is 4.79 Å². The second-order valence-corrected chi connectivity index (χ2v) is 5.94. The second-order valence-electron chi connectivity index (χ2n) is 5.94. The monoisotopic (exact) mass is 292 g/mol. The van der Waals surface area contributed by atoms with Crippen LogP contribution in [0.1, 0.15) is 16.8 Å². The third-order valence-corrected chi connectivity index (χ3v) is 3.60. The minimum atomic E-state index is -0.0122. The molecule has 0 radical (unpaired) electrons. The lowest BCUT2D eigenvalue weighted by molar-refractivity contribution is 0.0750. The number of hydrogen-bond donors (Lipinski definition) is 0. The number of aromatic nitrogens is 1. The number of likely N-dealkylation sites (N-methyl/N-ethyl adjacent to an activating group) is 1. The summed E-state index contributed by atoms with van der Waals surface area (Å²) in [7, 11) is 9.69. The highest BCUT2D eigenvalue weighted by molar-refractivity contribution is 6.02. The van der Waals surface area contributed by atoms with E-state index in [0.29, 0.717) is 17.9 Å².